The first kappa shape index (κ1) is 13.3. The molecule has 5 nitrogen and oxygen atoms in total. The second-order valence-electron chi connectivity index (χ2n) is 4.03. The average Bonchev–Trinajstić information content (AvgIpc) is 2.75. The van der Waals surface area contributed by atoms with Crippen LogP contribution >= 0.6 is 22.6 Å². The smallest absolute Gasteiger partial charge is 0.246 e. The molecule has 2 rings (SSSR count). The van der Waals surface area contributed by atoms with Gasteiger partial charge in [0.25, 0.3) is 0 Å². The van der Waals surface area contributed by atoms with E-state index in [2.05, 4.69) is 46.5 Å². The zero-order valence-corrected chi connectivity index (χ0v) is 12.5. The molecular weight excluding hydrogens is 343 g/mol. The maximum Gasteiger partial charge on any atom is 0.351 e. The average molecular weight is 358 g/mol. The van der Waals surface area contributed by atoms with E-state index in [4.69, 9.17) is 0 Å². The van der Waals surface area contributed by atoms with Gasteiger partial charge in [0.15, 0.2) is 0 Å². The molecule has 0 N–H and O–H groups in total. The van der Waals surface area contributed by atoms with Crippen LogP contribution in [-0.2, 0) is 0 Å². The van der Waals surface area contributed by atoms with Gasteiger partial charge in [-0.05, 0) is 47.6 Å². The van der Waals surface area contributed by atoms with Gasteiger partial charge in [-0.2, -0.15) is 5.10 Å². The van der Waals surface area contributed by atoms with Gasteiger partial charge in [0.1, 0.15) is 12.1 Å². The van der Waals surface area contributed by atoms with Gasteiger partial charge in [-0.25, -0.2) is 19.0 Å². The minimum atomic E-state index is -0.127. The third kappa shape index (κ3) is 2.47. The van der Waals surface area contributed by atoms with E-state index in [0.717, 1.165) is 16.4 Å². The molecule has 0 saturated carbocycles. The topological polar surface area (TPSA) is 52.7 Å². The van der Waals surface area contributed by atoms with Gasteiger partial charge in [-0.15, -0.1) is 0 Å². The third-order valence-electron chi connectivity index (χ3n) is 2.94. The van der Waals surface area contributed by atoms with E-state index in [1.54, 1.807) is 10.9 Å². The van der Waals surface area contributed by atoms with E-state index in [1.165, 1.54) is 10.9 Å². The number of nitrogens with zero attached hydrogens (tertiary/aromatic N) is 4. The molecule has 0 bridgehead atoms. The van der Waals surface area contributed by atoms with Crippen molar-refractivity contribution in [1.29, 1.82) is 0 Å². The summed E-state index contributed by atoms with van der Waals surface area (Å²) in [7, 11) is 0. The molecule has 0 spiro atoms. The van der Waals surface area contributed by atoms with E-state index < -0.39 is 0 Å². The van der Waals surface area contributed by atoms with Crippen molar-refractivity contribution >= 4 is 22.6 Å². The Morgan fingerprint density at radius 2 is 2.06 bits per heavy atom. The summed E-state index contributed by atoms with van der Waals surface area (Å²) in [5.41, 5.74) is -0.127. The van der Waals surface area contributed by atoms with Crippen LogP contribution in [0.4, 0.5) is 0 Å². The van der Waals surface area contributed by atoms with Crippen LogP contribution in [0.25, 0.3) is 5.82 Å². The Morgan fingerprint density at radius 3 is 2.61 bits per heavy atom. The number of rotatable bonds is 4. The lowest BCUT2D eigenvalue weighted by Gasteiger charge is -2.10. The lowest BCUT2D eigenvalue weighted by molar-refractivity contribution is 0.414. The number of aromatic nitrogens is 4. The molecule has 2 aromatic heterocycles. The van der Waals surface area contributed by atoms with Crippen LogP contribution in [0.3, 0.4) is 0 Å². The molecule has 0 amide bonds. The Bertz CT molecular complexity index is 569. The molecule has 2 heterocycles. The summed E-state index contributed by atoms with van der Waals surface area (Å²) in [6.07, 6.45) is 5.06. The molecule has 0 aliphatic heterocycles. The van der Waals surface area contributed by atoms with Crippen molar-refractivity contribution in [3.05, 3.63) is 38.7 Å². The largest absolute Gasteiger partial charge is 0.351 e. The Kier molecular flexibility index (Phi) is 4.15. The number of hydrogen-bond acceptors (Lipinski definition) is 3. The van der Waals surface area contributed by atoms with Crippen LogP contribution in [-0.4, -0.2) is 19.3 Å². The predicted molar refractivity (Wildman–Crippen MR) is 78.0 cm³/mol. The van der Waals surface area contributed by atoms with Gasteiger partial charge in [-0.1, -0.05) is 13.8 Å². The Morgan fingerprint density at radius 1 is 1.33 bits per heavy atom. The molecule has 0 fully saturated rings. The van der Waals surface area contributed by atoms with Gasteiger partial charge >= 0.3 is 5.69 Å². The van der Waals surface area contributed by atoms with Crippen molar-refractivity contribution in [2.75, 3.05) is 0 Å². The fraction of sp³-hybridized carbons (Fsp3) is 0.417. The fourth-order valence-electron chi connectivity index (χ4n) is 1.87. The van der Waals surface area contributed by atoms with Crippen molar-refractivity contribution in [3.63, 3.8) is 0 Å². The van der Waals surface area contributed by atoms with E-state index in [0.29, 0.717) is 5.82 Å². The first-order chi connectivity index (χ1) is 8.67. The first-order valence-corrected chi connectivity index (χ1v) is 7.03. The summed E-state index contributed by atoms with van der Waals surface area (Å²) < 4.78 is 4.06. The van der Waals surface area contributed by atoms with Gasteiger partial charge < -0.3 is 0 Å². The molecule has 0 atom stereocenters. The molecule has 2 aromatic rings. The standard InChI is InChI=1S/C12H15IN4O/c1-3-10(4-2)17-12(18)16(8-15-17)11-6-5-9(13)7-14-11/h5-8,10H,3-4H2,1-2H3. The van der Waals surface area contributed by atoms with Crippen molar-refractivity contribution in [2.45, 2.75) is 32.7 Å². The van der Waals surface area contributed by atoms with Gasteiger partial charge in [-0.3, -0.25) is 0 Å². The molecule has 0 aromatic carbocycles. The Labute approximate surface area is 119 Å². The molecule has 18 heavy (non-hydrogen) atoms. The monoisotopic (exact) mass is 358 g/mol. The van der Waals surface area contributed by atoms with Crippen molar-refractivity contribution < 1.29 is 0 Å². The summed E-state index contributed by atoms with van der Waals surface area (Å²) in [5, 5.41) is 4.18. The highest BCUT2D eigenvalue weighted by Crippen LogP contribution is 2.12. The molecule has 0 radical (unpaired) electrons. The summed E-state index contributed by atoms with van der Waals surface area (Å²) in [6.45, 7) is 4.12. The van der Waals surface area contributed by atoms with E-state index >= 15 is 0 Å². The van der Waals surface area contributed by atoms with Crippen LogP contribution in [0.15, 0.2) is 29.5 Å². The Hall–Kier alpha value is -1.18. The first-order valence-electron chi connectivity index (χ1n) is 5.95. The molecule has 0 saturated heterocycles. The van der Waals surface area contributed by atoms with Gasteiger partial charge in [0.2, 0.25) is 0 Å². The number of pyridine rings is 1. The number of halogens is 1. The molecular formula is C12H15IN4O. The van der Waals surface area contributed by atoms with Gasteiger partial charge in [0.05, 0.1) is 6.04 Å². The normalized spacial score (nSPS) is 11.1. The second kappa shape index (κ2) is 5.64. The lowest BCUT2D eigenvalue weighted by Crippen LogP contribution is -2.27. The molecule has 6 heteroatoms. The highest BCUT2D eigenvalue weighted by atomic mass is 127. The summed E-state index contributed by atoms with van der Waals surface area (Å²) in [6, 6.07) is 3.90. The van der Waals surface area contributed by atoms with Crippen LogP contribution in [0.1, 0.15) is 32.7 Å². The van der Waals surface area contributed by atoms with Gasteiger partial charge in [0, 0.05) is 9.77 Å². The quantitative estimate of drug-likeness (QED) is 0.789. The second-order valence-corrected chi connectivity index (χ2v) is 5.28. The molecule has 0 unspecified atom stereocenters. The minimum Gasteiger partial charge on any atom is -0.246 e. The zero-order chi connectivity index (χ0) is 13.1. The zero-order valence-electron chi connectivity index (χ0n) is 10.4. The maximum absolute atomic E-state index is 12.2. The Balaban J connectivity index is 2.42. The summed E-state index contributed by atoms with van der Waals surface area (Å²) in [5.74, 6) is 0.609. The van der Waals surface area contributed by atoms with Crippen molar-refractivity contribution in [1.82, 2.24) is 19.3 Å². The molecule has 96 valence electrons. The van der Waals surface area contributed by atoms with E-state index in [1.807, 2.05) is 12.1 Å². The lowest BCUT2D eigenvalue weighted by atomic mass is 10.2. The van der Waals surface area contributed by atoms with E-state index in [-0.39, 0.29) is 11.7 Å². The van der Waals surface area contributed by atoms with Crippen molar-refractivity contribution in [2.24, 2.45) is 0 Å². The third-order valence-corrected chi connectivity index (χ3v) is 3.58. The van der Waals surface area contributed by atoms with Crippen LogP contribution < -0.4 is 5.69 Å². The predicted octanol–water partition coefficient (Wildman–Crippen LogP) is 2.39. The van der Waals surface area contributed by atoms with Crippen LogP contribution in [0.2, 0.25) is 0 Å². The highest BCUT2D eigenvalue weighted by molar-refractivity contribution is 14.1. The maximum atomic E-state index is 12.2. The van der Waals surface area contributed by atoms with Crippen molar-refractivity contribution in [3.8, 4) is 5.82 Å². The van der Waals surface area contributed by atoms with Crippen LogP contribution in [0.5, 0.6) is 0 Å². The minimum absolute atomic E-state index is 0.127. The van der Waals surface area contributed by atoms with E-state index in [9.17, 15) is 4.79 Å². The SMILES string of the molecule is CCC(CC)n1ncn(-c2ccc(I)cn2)c1=O. The molecule has 0 aliphatic carbocycles. The fourth-order valence-corrected chi connectivity index (χ4v) is 2.19. The molecule has 0 aliphatic rings. The number of hydrogen-bond donors (Lipinski definition) is 0. The summed E-state index contributed by atoms with van der Waals surface area (Å²) in [4.78, 5) is 16.5. The summed E-state index contributed by atoms with van der Waals surface area (Å²) >= 11 is 2.18. The van der Waals surface area contributed by atoms with Crippen LogP contribution in [0, 0.1) is 3.57 Å². The highest BCUT2D eigenvalue weighted by Gasteiger charge is 2.14.